The summed E-state index contributed by atoms with van der Waals surface area (Å²) in [6.45, 7) is 7.70. The van der Waals surface area contributed by atoms with E-state index in [4.69, 9.17) is 0 Å². The summed E-state index contributed by atoms with van der Waals surface area (Å²) >= 11 is 0. The van der Waals surface area contributed by atoms with Crippen LogP contribution in [0.15, 0.2) is 6.07 Å². The molecule has 0 spiro atoms. The second-order valence-corrected chi connectivity index (χ2v) is 7.92. The third-order valence-corrected chi connectivity index (χ3v) is 5.61. The number of aromatic nitrogens is 2. The van der Waals surface area contributed by atoms with E-state index in [2.05, 4.69) is 34.3 Å². The van der Waals surface area contributed by atoms with Crippen molar-refractivity contribution in [2.75, 3.05) is 19.6 Å². The molecule has 5 heteroatoms. The SMILES string of the molecule is CC(C)CCc1cc(C(=O)NC[C@H]2CCCN3CCCC[C@H]23)n[nH]1. The number of fused-ring (bicyclic) bond motifs is 1. The highest BCUT2D eigenvalue weighted by atomic mass is 16.1. The van der Waals surface area contributed by atoms with Crippen molar-refractivity contribution in [3.63, 3.8) is 0 Å². The van der Waals surface area contributed by atoms with Gasteiger partial charge in [0, 0.05) is 18.3 Å². The molecule has 1 aromatic rings. The van der Waals surface area contributed by atoms with E-state index in [9.17, 15) is 4.79 Å². The molecule has 2 saturated heterocycles. The lowest BCUT2D eigenvalue weighted by Crippen LogP contribution is -2.51. The van der Waals surface area contributed by atoms with Crippen LogP contribution in [-0.2, 0) is 6.42 Å². The number of amides is 1. The summed E-state index contributed by atoms with van der Waals surface area (Å²) in [6.07, 6.45) is 8.54. The number of rotatable bonds is 6. The maximum Gasteiger partial charge on any atom is 0.271 e. The van der Waals surface area contributed by atoms with Gasteiger partial charge in [0.2, 0.25) is 0 Å². The van der Waals surface area contributed by atoms with Gasteiger partial charge in [0.1, 0.15) is 5.69 Å². The number of nitrogens with one attached hydrogen (secondary N) is 2. The van der Waals surface area contributed by atoms with Crippen LogP contribution in [0.4, 0.5) is 0 Å². The average Bonchev–Trinajstić information content (AvgIpc) is 3.07. The zero-order valence-electron chi connectivity index (χ0n) is 15.2. The molecule has 0 aromatic carbocycles. The predicted octanol–water partition coefficient (Wildman–Crippen LogP) is 2.99. The van der Waals surface area contributed by atoms with E-state index in [-0.39, 0.29) is 5.91 Å². The van der Waals surface area contributed by atoms with E-state index >= 15 is 0 Å². The maximum atomic E-state index is 12.4. The molecule has 0 saturated carbocycles. The maximum absolute atomic E-state index is 12.4. The number of aromatic amines is 1. The zero-order valence-corrected chi connectivity index (χ0v) is 15.2. The number of carbonyl (C=O) groups excluding carboxylic acids is 1. The van der Waals surface area contributed by atoms with Crippen LogP contribution in [0.2, 0.25) is 0 Å². The molecule has 5 nitrogen and oxygen atoms in total. The van der Waals surface area contributed by atoms with Gasteiger partial charge in [-0.1, -0.05) is 20.3 Å². The Bertz CT molecular complexity index is 537. The molecular formula is C19H32N4O. The van der Waals surface area contributed by atoms with Crippen molar-refractivity contribution >= 4 is 5.91 Å². The van der Waals surface area contributed by atoms with Gasteiger partial charge in [-0.05, 0) is 69.5 Å². The van der Waals surface area contributed by atoms with Crippen molar-refractivity contribution in [1.29, 1.82) is 0 Å². The molecule has 0 bridgehead atoms. The highest BCUT2D eigenvalue weighted by molar-refractivity contribution is 5.92. The minimum absolute atomic E-state index is 0.0324. The van der Waals surface area contributed by atoms with Gasteiger partial charge in [-0.15, -0.1) is 0 Å². The molecule has 0 radical (unpaired) electrons. The van der Waals surface area contributed by atoms with E-state index in [1.54, 1.807) is 0 Å². The third kappa shape index (κ3) is 4.38. The molecule has 1 amide bonds. The minimum atomic E-state index is -0.0324. The summed E-state index contributed by atoms with van der Waals surface area (Å²) < 4.78 is 0. The summed E-state index contributed by atoms with van der Waals surface area (Å²) in [4.78, 5) is 15.0. The lowest BCUT2D eigenvalue weighted by atomic mass is 9.83. The largest absolute Gasteiger partial charge is 0.350 e. The average molecular weight is 332 g/mol. The van der Waals surface area contributed by atoms with Gasteiger partial charge in [0.15, 0.2) is 0 Å². The number of H-pyrrole nitrogens is 1. The second-order valence-electron chi connectivity index (χ2n) is 7.92. The number of carbonyl (C=O) groups is 1. The molecule has 0 aliphatic carbocycles. The van der Waals surface area contributed by atoms with Crippen LogP contribution in [0.5, 0.6) is 0 Å². The number of aryl methyl sites for hydroxylation is 1. The first kappa shape index (κ1) is 17.5. The highest BCUT2D eigenvalue weighted by Crippen LogP contribution is 2.30. The van der Waals surface area contributed by atoms with Gasteiger partial charge in [-0.3, -0.25) is 9.89 Å². The molecule has 2 N–H and O–H groups in total. The Morgan fingerprint density at radius 2 is 2.17 bits per heavy atom. The van der Waals surface area contributed by atoms with Crippen molar-refractivity contribution in [3.8, 4) is 0 Å². The summed E-state index contributed by atoms with van der Waals surface area (Å²) in [5, 5.41) is 10.3. The molecule has 134 valence electrons. The number of nitrogens with zero attached hydrogens (tertiary/aromatic N) is 2. The Labute approximate surface area is 145 Å². The lowest BCUT2D eigenvalue weighted by molar-refractivity contribution is 0.0575. The first-order valence-corrected chi connectivity index (χ1v) is 9.70. The smallest absolute Gasteiger partial charge is 0.271 e. The monoisotopic (exact) mass is 332 g/mol. The zero-order chi connectivity index (χ0) is 16.9. The first-order chi connectivity index (χ1) is 11.6. The van der Waals surface area contributed by atoms with Crippen LogP contribution in [0.3, 0.4) is 0 Å². The lowest BCUT2D eigenvalue weighted by Gasteiger charge is -2.44. The Morgan fingerprint density at radius 3 is 3.00 bits per heavy atom. The van der Waals surface area contributed by atoms with Crippen LogP contribution in [0.1, 0.15) is 68.6 Å². The van der Waals surface area contributed by atoms with E-state index in [0.717, 1.165) is 25.1 Å². The van der Waals surface area contributed by atoms with Crippen molar-refractivity contribution in [2.24, 2.45) is 11.8 Å². The fraction of sp³-hybridized carbons (Fsp3) is 0.789. The van der Waals surface area contributed by atoms with Crippen LogP contribution in [0, 0.1) is 11.8 Å². The van der Waals surface area contributed by atoms with Gasteiger partial charge < -0.3 is 10.2 Å². The summed E-state index contributed by atoms with van der Waals surface area (Å²) in [7, 11) is 0. The fourth-order valence-electron chi connectivity index (χ4n) is 4.18. The Hall–Kier alpha value is -1.36. The van der Waals surface area contributed by atoms with Crippen LogP contribution in [0.25, 0.3) is 0 Å². The molecule has 2 fully saturated rings. The van der Waals surface area contributed by atoms with E-state index in [0.29, 0.717) is 23.6 Å². The molecule has 3 heterocycles. The standard InChI is InChI=1S/C19H32N4O/c1-14(2)8-9-16-12-17(22-21-16)19(24)20-13-15-6-5-11-23-10-4-3-7-18(15)23/h12,14-15,18H,3-11,13H2,1-2H3,(H,20,24)(H,21,22)/t15-,18-/m1/s1. The fourth-order valence-corrected chi connectivity index (χ4v) is 4.18. The first-order valence-electron chi connectivity index (χ1n) is 9.70. The Morgan fingerprint density at radius 1 is 1.33 bits per heavy atom. The van der Waals surface area contributed by atoms with Crippen LogP contribution in [-0.4, -0.2) is 46.7 Å². The van der Waals surface area contributed by atoms with E-state index in [1.165, 1.54) is 45.2 Å². The highest BCUT2D eigenvalue weighted by Gasteiger charge is 2.33. The minimum Gasteiger partial charge on any atom is -0.350 e. The molecule has 24 heavy (non-hydrogen) atoms. The molecule has 3 rings (SSSR count). The predicted molar refractivity (Wildman–Crippen MR) is 96.0 cm³/mol. The van der Waals surface area contributed by atoms with E-state index < -0.39 is 0 Å². The van der Waals surface area contributed by atoms with Gasteiger partial charge >= 0.3 is 0 Å². The van der Waals surface area contributed by atoms with E-state index in [1.807, 2.05) is 6.07 Å². The van der Waals surface area contributed by atoms with Crippen LogP contribution >= 0.6 is 0 Å². The van der Waals surface area contributed by atoms with Crippen molar-refractivity contribution in [1.82, 2.24) is 20.4 Å². The van der Waals surface area contributed by atoms with Gasteiger partial charge in [0.25, 0.3) is 5.91 Å². The van der Waals surface area contributed by atoms with Crippen molar-refractivity contribution in [3.05, 3.63) is 17.5 Å². The molecule has 2 aliphatic rings. The second kappa shape index (κ2) is 8.15. The van der Waals surface area contributed by atoms with Gasteiger partial charge in [-0.2, -0.15) is 5.10 Å². The molecule has 2 aliphatic heterocycles. The van der Waals surface area contributed by atoms with Crippen LogP contribution < -0.4 is 5.32 Å². The number of piperidine rings is 2. The molecular weight excluding hydrogens is 300 g/mol. The van der Waals surface area contributed by atoms with Crippen molar-refractivity contribution < 1.29 is 4.79 Å². The van der Waals surface area contributed by atoms with Crippen molar-refractivity contribution in [2.45, 2.75) is 64.8 Å². The number of hydrogen-bond acceptors (Lipinski definition) is 3. The summed E-state index contributed by atoms with van der Waals surface area (Å²) in [5.41, 5.74) is 1.59. The van der Waals surface area contributed by atoms with Gasteiger partial charge in [0.05, 0.1) is 0 Å². The summed E-state index contributed by atoms with van der Waals surface area (Å²) in [5.74, 6) is 1.23. The molecule has 1 aromatic heterocycles. The Kier molecular flexibility index (Phi) is 5.93. The summed E-state index contributed by atoms with van der Waals surface area (Å²) in [6, 6.07) is 2.58. The Balaban J connectivity index is 1.49. The third-order valence-electron chi connectivity index (χ3n) is 5.61. The quantitative estimate of drug-likeness (QED) is 0.842. The topological polar surface area (TPSA) is 61.0 Å². The number of hydrogen-bond donors (Lipinski definition) is 2. The normalized spacial score (nSPS) is 24.8. The van der Waals surface area contributed by atoms with Gasteiger partial charge in [-0.25, -0.2) is 0 Å². The molecule has 0 unspecified atom stereocenters. The molecule has 2 atom stereocenters.